The van der Waals surface area contributed by atoms with Gasteiger partial charge in [-0.05, 0) is 60.9 Å². The Kier molecular flexibility index (Phi) is 12.6. The van der Waals surface area contributed by atoms with Gasteiger partial charge in [-0.15, -0.1) is 0 Å². The number of amides is 4. The number of rotatable bonds is 12. The molecule has 1 saturated heterocycles. The van der Waals surface area contributed by atoms with Crippen molar-refractivity contribution in [2.75, 3.05) is 11.9 Å². The van der Waals surface area contributed by atoms with Crippen molar-refractivity contribution in [3.05, 3.63) is 64.7 Å². The Bertz CT molecular complexity index is 1790. The topological polar surface area (TPSA) is 170 Å². The minimum atomic E-state index is -1.18. The fourth-order valence-electron chi connectivity index (χ4n) is 7.48. The maximum atomic E-state index is 14.6. The van der Waals surface area contributed by atoms with E-state index in [0.717, 1.165) is 37.7 Å². The minimum absolute atomic E-state index is 0.00463. The molecule has 2 aromatic carbocycles. The van der Waals surface area contributed by atoms with Gasteiger partial charge < -0.3 is 25.7 Å². The van der Waals surface area contributed by atoms with Crippen LogP contribution < -0.4 is 16.0 Å². The summed E-state index contributed by atoms with van der Waals surface area (Å²) in [5.74, 6) is -2.81. The van der Waals surface area contributed by atoms with Crippen LogP contribution in [0.2, 0.25) is 5.02 Å². The lowest BCUT2D eigenvalue weighted by Crippen LogP contribution is -2.59. The van der Waals surface area contributed by atoms with Crippen LogP contribution in [0, 0.1) is 22.7 Å². The molecule has 12 nitrogen and oxygen atoms in total. The van der Waals surface area contributed by atoms with Gasteiger partial charge >= 0.3 is 0 Å². The van der Waals surface area contributed by atoms with Gasteiger partial charge in [0.05, 0.1) is 29.9 Å². The Balaban J connectivity index is 1.39. The second kappa shape index (κ2) is 16.9. The highest BCUT2D eigenvalue weighted by Crippen LogP contribution is 2.40. The Morgan fingerprint density at radius 1 is 1.06 bits per heavy atom. The molecule has 5 rings (SSSR count). The highest BCUT2D eigenvalue weighted by molar-refractivity contribution is 6.42. The fraction of sp³-hybridized carbons (Fsp3) is 0.525. The Labute approximate surface area is 316 Å². The van der Waals surface area contributed by atoms with E-state index in [4.69, 9.17) is 16.4 Å². The molecule has 1 aliphatic carbocycles. The molecular formula is C40H49ClN6O6. The Morgan fingerprint density at radius 2 is 1.79 bits per heavy atom. The van der Waals surface area contributed by atoms with Crippen LogP contribution in [0.4, 0.5) is 5.69 Å². The number of hydrogen-bond acceptors (Lipinski definition) is 8. The summed E-state index contributed by atoms with van der Waals surface area (Å²) in [5, 5.41) is 22.4. The number of oxime groups is 1. The number of ketones is 1. The van der Waals surface area contributed by atoms with Crippen molar-refractivity contribution in [1.82, 2.24) is 15.5 Å². The van der Waals surface area contributed by atoms with Crippen LogP contribution in [0.5, 0.6) is 0 Å². The summed E-state index contributed by atoms with van der Waals surface area (Å²) in [5.41, 5.74) is 0.177. The maximum Gasteiger partial charge on any atom is 0.293 e. The van der Waals surface area contributed by atoms with Crippen LogP contribution in [-0.2, 0) is 28.8 Å². The number of halogens is 1. The number of carbonyl (C=O) groups is 5. The van der Waals surface area contributed by atoms with Crippen molar-refractivity contribution in [1.29, 1.82) is 5.26 Å². The van der Waals surface area contributed by atoms with E-state index in [1.807, 2.05) is 39.8 Å². The molecule has 1 spiro atoms. The molecule has 4 amide bonds. The Morgan fingerprint density at radius 3 is 2.47 bits per heavy atom. The van der Waals surface area contributed by atoms with Gasteiger partial charge in [-0.2, -0.15) is 5.26 Å². The van der Waals surface area contributed by atoms with Crippen LogP contribution in [-0.4, -0.2) is 70.3 Å². The van der Waals surface area contributed by atoms with E-state index in [9.17, 15) is 29.2 Å². The molecule has 2 aliphatic heterocycles. The normalized spacial score (nSPS) is 21.2. The molecule has 3 aliphatic rings. The second-order valence-corrected chi connectivity index (χ2v) is 16.1. The molecule has 4 atom stereocenters. The van der Waals surface area contributed by atoms with Crippen LogP contribution in [0.3, 0.4) is 0 Å². The van der Waals surface area contributed by atoms with Crippen LogP contribution in [0.25, 0.3) is 0 Å². The third-order valence-corrected chi connectivity index (χ3v) is 10.5. The summed E-state index contributed by atoms with van der Waals surface area (Å²) in [7, 11) is 0. The predicted octanol–water partition coefficient (Wildman–Crippen LogP) is 5.67. The van der Waals surface area contributed by atoms with Crippen LogP contribution >= 0.6 is 11.6 Å². The number of carbonyl (C=O) groups excluding carboxylic acids is 5. The lowest BCUT2D eigenvalue weighted by molar-refractivity contribution is -0.145. The highest BCUT2D eigenvalue weighted by Gasteiger charge is 2.55. The largest absolute Gasteiger partial charge is 0.387 e. The first-order valence-electron chi connectivity index (χ1n) is 18.5. The van der Waals surface area contributed by atoms with Gasteiger partial charge in [-0.3, -0.25) is 24.0 Å². The third-order valence-electron chi connectivity index (χ3n) is 10.3. The number of nitrogens with one attached hydrogen (secondary N) is 3. The van der Waals surface area contributed by atoms with Gasteiger partial charge in [0, 0.05) is 35.5 Å². The molecule has 0 aromatic heterocycles. The number of anilines is 1. The quantitative estimate of drug-likeness (QED) is 0.235. The van der Waals surface area contributed by atoms with Gasteiger partial charge in [0.1, 0.15) is 12.1 Å². The van der Waals surface area contributed by atoms with E-state index < -0.39 is 52.6 Å². The SMILES string of the molecule is CCC[C@H](NC(=O)[C@@H]1C[C@]2(CC(c3cccc(Cl)c3)=NO2)CN1C(=O)[C@@H](NC(=O)CC1CCCCC1)C(C)(C)C)C(=O)C(=O)Nc1cccc(C#N)c1. The molecule has 1 saturated carbocycles. The van der Waals surface area contributed by atoms with Crippen molar-refractivity contribution in [2.45, 2.75) is 116 Å². The molecule has 2 heterocycles. The van der Waals surface area contributed by atoms with Crippen LogP contribution in [0.1, 0.15) is 103 Å². The van der Waals surface area contributed by atoms with Gasteiger partial charge in [-0.25, -0.2) is 0 Å². The number of hydrogen-bond donors (Lipinski definition) is 3. The molecule has 0 bridgehead atoms. The smallest absolute Gasteiger partial charge is 0.293 e. The van der Waals surface area contributed by atoms with Crippen molar-refractivity contribution in [2.24, 2.45) is 16.5 Å². The number of nitriles is 1. The van der Waals surface area contributed by atoms with E-state index in [1.165, 1.54) is 11.0 Å². The molecular weight excluding hydrogens is 696 g/mol. The average Bonchev–Trinajstić information content (AvgIpc) is 3.73. The molecule has 2 aromatic rings. The van der Waals surface area contributed by atoms with Crippen molar-refractivity contribution in [3.63, 3.8) is 0 Å². The Hall–Kier alpha value is -4.76. The minimum Gasteiger partial charge on any atom is -0.387 e. The van der Waals surface area contributed by atoms with Crippen molar-refractivity contribution < 1.29 is 28.8 Å². The fourth-order valence-corrected chi connectivity index (χ4v) is 7.67. The summed E-state index contributed by atoms with van der Waals surface area (Å²) >= 11 is 6.26. The number of Topliss-reactive ketones (excluding diaryl/α,β-unsaturated/α-hetero) is 1. The number of nitrogens with zero attached hydrogens (tertiary/aromatic N) is 3. The molecule has 0 unspecified atom stereocenters. The van der Waals surface area contributed by atoms with Gasteiger partial charge in [-0.1, -0.05) is 88.3 Å². The number of benzene rings is 2. The van der Waals surface area contributed by atoms with E-state index in [2.05, 4.69) is 21.1 Å². The molecule has 0 radical (unpaired) electrons. The van der Waals surface area contributed by atoms with Crippen LogP contribution in [0.15, 0.2) is 53.7 Å². The zero-order valence-corrected chi connectivity index (χ0v) is 31.6. The monoisotopic (exact) mass is 744 g/mol. The summed E-state index contributed by atoms with van der Waals surface area (Å²) in [4.78, 5) is 76.4. The second-order valence-electron chi connectivity index (χ2n) is 15.6. The lowest BCUT2D eigenvalue weighted by atomic mass is 9.84. The van der Waals surface area contributed by atoms with Gasteiger partial charge in [0.2, 0.25) is 23.5 Å². The standard InChI is InChI=1S/C40H49ClN6O6/c1-5-11-30(34(49)37(51)43-29-17-9-14-26(18-29)23-42)44-36(50)32-22-40(21-31(46-53-40)27-15-10-16-28(41)20-27)24-47(32)38(52)35(39(2,3)4)45-33(48)19-25-12-7-6-8-13-25/h9-10,14-18,20,25,30,32,35H,5-8,11-13,19,21-22,24H2,1-4H3,(H,43,51)(H,44,50)(H,45,48)/t30-,32-,35+,40+/m0/s1. The maximum absolute atomic E-state index is 14.6. The summed E-state index contributed by atoms with van der Waals surface area (Å²) < 4.78 is 0. The molecule has 13 heteroatoms. The van der Waals surface area contributed by atoms with E-state index in [1.54, 1.807) is 36.4 Å². The molecule has 53 heavy (non-hydrogen) atoms. The summed E-state index contributed by atoms with van der Waals surface area (Å²) in [6.45, 7) is 7.43. The lowest BCUT2D eigenvalue weighted by Gasteiger charge is -2.36. The van der Waals surface area contributed by atoms with Crippen molar-refractivity contribution >= 4 is 52.4 Å². The van der Waals surface area contributed by atoms with E-state index in [-0.39, 0.29) is 43.3 Å². The first-order chi connectivity index (χ1) is 25.2. The summed E-state index contributed by atoms with van der Waals surface area (Å²) in [6, 6.07) is 12.1. The first-order valence-corrected chi connectivity index (χ1v) is 18.9. The van der Waals surface area contributed by atoms with Gasteiger partial charge in [0.25, 0.3) is 5.91 Å². The summed E-state index contributed by atoms with van der Waals surface area (Å²) in [6.07, 6.45) is 6.62. The average molecular weight is 745 g/mol. The van der Waals surface area contributed by atoms with Crippen molar-refractivity contribution in [3.8, 4) is 6.07 Å². The predicted molar refractivity (Wildman–Crippen MR) is 201 cm³/mol. The molecule has 3 N–H and O–H groups in total. The molecule has 2 fully saturated rings. The highest BCUT2D eigenvalue weighted by atomic mass is 35.5. The third kappa shape index (κ3) is 9.82. The van der Waals surface area contributed by atoms with Gasteiger partial charge in [0.15, 0.2) is 5.60 Å². The zero-order valence-electron chi connectivity index (χ0n) is 30.9. The first kappa shape index (κ1) is 39.4. The molecule has 282 valence electrons. The number of likely N-dealkylation sites (tertiary alicyclic amines) is 1. The zero-order chi connectivity index (χ0) is 38.3. The van der Waals surface area contributed by atoms with E-state index in [0.29, 0.717) is 29.1 Å². The van der Waals surface area contributed by atoms with E-state index >= 15 is 0 Å².